The Balaban J connectivity index is 1.62. The topological polar surface area (TPSA) is 148 Å². The quantitative estimate of drug-likeness (QED) is 0.327. The van der Waals surface area contributed by atoms with E-state index in [0.717, 1.165) is 5.69 Å². The lowest BCUT2D eigenvalue weighted by molar-refractivity contribution is -0.113. The Bertz CT molecular complexity index is 1300. The second-order valence-corrected chi connectivity index (χ2v) is 8.23. The van der Waals surface area contributed by atoms with E-state index < -0.39 is 11.2 Å². The first kappa shape index (κ1) is 21.5. The molecule has 1 amide bonds. The number of rotatable bonds is 8. The number of aromatic amines is 2. The summed E-state index contributed by atoms with van der Waals surface area (Å²) in [5.41, 5.74) is 0.0176. The number of carbonyl (C=O) groups excluding carboxylic acids is 1. The Morgan fingerprint density at radius 2 is 2.03 bits per heavy atom. The molecule has 0 saturated heterocycles. The molecule has 164 valence electrons. The van der Waals surface area contributed by atoms with Gasteiger partial charge in [-0.05, 0) is 24.3 Å². The van der Waals surface area contributed by atoms with Gasteiger partial charge in [0.05, 0.1) is 12.9 Å². The second kappa shape index (κ2) is 9.62. The fourth-order valence-electron chi connectivity index (χ4n) is 2.85. The van der Waals surface area contributed by atoms with E-state index in [1.807, 2.05) is 12.1 Å². The van der Waals surface area contributed by atoms with E-state index in [0.29, 0.717) is 27.6 Å². The number of H-pyrrole nitrogens is 2. The van der Waals surface area contributed by atoms with Gasteiger partial charge in [0.15, 0.2) is 10.3 Å². The molecule has 11 nitrogen and oxygen atoms in total. The molecular weight excluding hydrogens is 454 g/mol. The summed E-state index contributed by atoms with van der Waals surface area (Å²) in [7, 11) is 1.57. The number of thiazole rings is 1. The Morgan fingerprint density at radius 3 is 2.72 bits per heavy atom. The highest BCUT2D eigenvalue weighted by Gasteiger charge is 2.17. The molecule has 3 aromatic heterocycles. The highest BCUT2D eigenvalue weighted by atomic mass is 32.2. The van der Waals surface area contributed by atoms with Gasteiger partial charge in [-0.3, -0.25) is 19.1 Å². The molecule has 3 N–H and O–H groups in total. The number of anilines is 1. The van der Waals surface area contributed by atoms with E-state index >= 15 is 0 Å². The SMILES string of the molecule is COc1ccc(-n2c(Cc3cc(=O)[nH]c(=O)[nH]3)nnc2SCC(=O)Nc2nccs2)cc1. The average Bonchev–Trinajstić information content (AvgIpc) is 3.41. The molecule has 4 aromatic rings. The molecule has 0 fully saturated rings. The van der Waals surface area contributed by atoms with E-state index in [4.69, 9.17) is 4.74 Å². The minimum atomic E-state index is -0.600. The van der Waals surface area contributed by atoms with Crippen molar-refractivity contribution in [2.75, 3.05) is 18.2 Å². The first-order chi connectivity index (χ1) is 15.5. The van der Waals surface area contributed by atoms with Crippen LogP contribution in [0.4, 0.5) is 5.13 Å². The van der Waals surface area contributed by atoms with Crippen molar-refractivity contribution in [1.82, 2.24) is 29.7 Å². The van der Waals surface area contributed by atoms with Crippen LogP contribution in [0.15, 0.2) is 56.7 Å². The van der Waals surface area contributed by atoms with Crippen LogP contribution in [0, 0.1) is 0 Å². The van der Waals surface area contributed by atoms with Gasteiger partial charge in [-0.1, -0.05) is 11.8 Å². The van der Waals surface area contributed by atoms with Crippen molar-refractivity contribution in [3.63, 3.8) is 0 Å². The zero-order valence-electron chi connectivity index (χ0n) is 16.7. The number of thioether (sulfide) groups is 1. The zero-order valence-corrected chi connectivity index (χ0v) is 18.3. The summed E-state index contributed by atoms with van der Waals surface area (Å²) in [6.07, 6.45) is 1.77. The van der Waals surface area contributed by atoms with E-state index in [1.54, 1.807) is 35.4 Å². The monoisotopic (exact) mass is 471 g/mol. The third-order valence-corrected chi connectivity index (χ3v) is 5.82. The normalized spacial score (nSPS) is 10.8. The molecule has 0 aliphatic carbocycles. The van der Waals surface area contributed by atoms with E-state index in [9.17, 15) is 14.4 Å². The number of nitrogens with zero attached hydrogens (tertiary/aromatic N) is 4. The predicted molar refractivity (Wildman–Crippen MR) is 120 cm³/mol. The van der Waals surface area contributed by atoms with Crippen molar-refractivity contribution in [3.05, 3.63) is 74.3 Å². The number of aromatic nitrogens is 6. The van der Waals surface area contributed by atoms with Crippen LogP contribution >= 0.6 is 23.1 Å². The summed E-state index contributed by atoms with van der Waals surface area (Å²) >= 11 is 2.53. The highest BCUT2D eigenvalue weighted by molar-refractivity contribution is 7.99. The predicted octanol–water partition coefficient (Wildman–Crippen LogP) is 1.43. The minimum Gasteiger partial charge on any atom is -0.497 e. The molecule has 0 saturated carbocycles. The molecule has 0 aliphatic rings. The lowest BCUT2D eigenvalue weighted by atomic mass is 10.2. The third kappa shape index (κ3) is 5.12. The van der Waals surface area contributed by atoms with Crippen LogP contribution in [0.25, 0.3) is 5.69 Å². The lowest BCUT2D eigenvalue weighted by Gasteiger charge is -2.11. The zero-order chi connectivity index (χ0) is 22.5. The van der Waals surface area contributed by atoms with Crippen molar-refractivity contribution in [2.45, 2.75) is 11.6 Å². The maximum atomic E-state index is 12.3. The van der Waals surface area contributed by atoms with Crippen molar-refractivity contribution < 1.29 is 9.53 Å². The van der Waals surface area contributed by atoms with Crippen LogP contribution < -0.4 is 21.3 Å². The number of methoxy groups -OCH3 is 1. The smallest absolute Gasteiger partial charge is 0.325 e. The van der Waals surface area contributed by atoms with Gasteiger partial charge in [0.1, 0.15) is 11.6 Å². The molecule has 0 bridgehead atoms. The van der Waals surface area contributed by atoms with Crippen LogP contribution in [-0.4, -0.2) is 48.5 Å². The molecule has 3 heterocycles. The lowest BCUT2D eigenvalue weighted by Crippen LogP contribution is -2.23. The van der Waals surface area contributed by atoms with Gasteiger partial charge in [0.25, 0.3) is 5.56 Å². The van der Waals surface area contributed by atoms with Crippen LogP contribution in [-0.2, 0) is 11.2 Å². The number of carbonyl (C=O) groups is 1. The second-order valence-electron chi connectivity index (χ2n) is 6.40. The molecule has 0 spiro atoms. The van der Waals surface area contributed by atoms with Gasteiger partial charge in [0.2, 0.25) is 5.91 Å². The molecule has 32 heavy (non-hydrogen) atoms. The van der Waals surface area contributed by atoms with Gasteiger partial charge in [-0.25, -0.2) is 9.78 Å². The average molecular weight is 472 g/mol. The standard InChI is InChI=1S/C19H17N7O4S2/c1-30-13-4-2-12(3-5-13)26-14(8-11-9-15(27)22-17(29)21-11)24-25-19(26)32-10-16(28)23-18-20-6-7-31-18/h2-7,9H,8,10H2,1H3,(H,20,23,28)(H2,21,22,27,29). The third-order valence-electron chi connectivity index (χ3n) is 4.21. The number of ether oxygens (including phenoxy) is 1. The molecular formula is C19H17N7O4S2. The number of benzene rings is 1. The largest absolute Gasteiger partial charge is 0.497 e. The summed E-state index contributed by atoms with van der Waals surface area (Å²) in [5, 5.41) is 13.9. The first-order valence-corrected chi connectivity index (χ1v) is 11.1. The molecule has 0 atom stereocenters. The van der Waals surface area contributed by atoms with Gasteiger partial charge >= 0.3 is 5.69 Å². The summed E-state index contributed by atoms with van der Waals surface area (Å²) in [6, 6.07) is 8.52. The molecule has 4 rings (SSSR count). The first-order valence-electron chi connectivity index (χ1n) is 9.25. The van der Waals surface area contributed by atoms with Crippen molar-refractivity contribution in [1.29, 1.82) is 0 Å². The Labute approximate surface area is 188 Å². The van der Waals surface area contributed by atoms with Crippen LogP contribution in [0.1, 0.15) is 11.5 Å². The Kier molecular flexibility index (Phi) is 6.47. The minimum absolute atomic E-state index is 0.0930. The maximum absolute atomic E-state index is 12.3. The summed E-state index contributed by atoms with van der Waals surface area (Å²) < 4.78 is 6.98. The van der Waals surface area contributed by atoms with Crippen molar-refractivity contribution in [2.24, 2.45) is 0 Å². The Morgan fingerprint density at radius 1 is 1.22 bits per heavy atom. The summed E-state index contributed by atoms with van der Waals surface area (Å²) in [5.74, 6) is 1.03. The van der Waals surface area contributed by atoms with Crippen LogP contribution in [0.3, 0.4) is 0 Å². The van der Waals surface area contributed by atoms with Gasteiger partial charge in [0, 0.05) is 35.4 Å². The molecule has 0 unspecified atom stereocenters. The molecule has 1 aromatic carbocycles. The van der Waals surface area contributed by atoms with Crippen molar-refractivity contribution >= 4 is 34.1 Å². The number of hydrogen-bond donors (Lipinski definition) is 3. The molecule has 0 radical (unpaired) electrons. The van der Waals surface area contributed by atoms with E-state index in [2.05, 4.69) is 30.5 Å². The van der Waals surface area contributed by atoms with Gasteiger partial charge in [-0.15, -0.1) is 21.5 Å². The van der Waals surface area contributed by atoms with E-state index in [1.165, 1.54) is 29.2 Å². The fourth-order valence-corrected chi connectivity index (χ4v) is 4.17. The van der Waals surface area contributed by atoms with Crippen molar-refractivity contribution in [3.8, 4) is 11.4 Å². The number of hydrogen-bond acceptors (Lipinski definition) is 9. The molecule has 0 aliphatic heterocycles. The maximum Gasteiger partial charge on any atom is 0.325 e. The summed E-state index contributed by atoms with van der Waals surface area (Å²) in [6.45, 7) is 0. The highest BCUT2D eigenvalue weighted by Crippen LogP contribution is 2.25. The van der Waals surface area contributed by atoms with Gasteiger partial charge < -0.3 is 15.0 Å². The Hall–Kier alpha value is -3.71. The van der Waals surface area contributed by atoms with Crippen LogP contribution in [0.5, 0.6) is 5.75 Å². The van der Waals surface area contributed by atoms with Gasteiger partial charge in [-0.2, -0.15) is 0 Å². The summed E-state index contributed by atoms with van der Waals surface area (Å²) in [4.78, 5) is 44.3. The number of amides is 1. The van der Waals surface area contributed by atoms with E-state index in [-0.39, 0.29) is 18.1 Å². The van der Waals surface area contributed by atoms with Crippen LogP contribution in [0.2, 0.25) is 0 Å². The fraction of sp³-hybridized carbons (Fsp3) is 0.158. The molecule has 13 heteroatoms. The number of nitrogens with one attached hydrogen (secondary N) is 3.